The Morgan fingerprint density at radius 2 is 2.05 bits per heavy atom. The van der Waals surface area contributed by atoms with E-state index in [9.17, 15) is 0 Å². The second kappa shape index (κ2) is 6.21. The lowest BCUT2D eigenvalue weighted by atomic mass is 10.0. The number of nitrogens with zero attached hydrogens (tertiary/aromatic N) is 1. The highest BCUT2D eigenvalue weighted by molar-refractivity contribution is 5.26. The summed E-state index contributed by atoms with van der Waals surface area (Å²) < 4.78 is 5.33. The van der Waals surface area contributed by atoms with Crippen molar-refractivity contribution in [3.05, 3.63) is 59.0 Å². The first-order chi connectivity index (χ1) is 9.19. The molecule has 0 spiro atoms. The van der Waals surface area contributed by atoms with Gasteiger partial charge in [0.1, 0.15) is 11.8 Å². The molecule has 3 nitrogen and oxygen atoms in total. The second-order valence-corrected chi connectivity index (χ2v) is 4.79. The van der Waals surface area contributed by atoms with Gasteiger partial charge in [-0.05, 0) is 43.5 Å². The maximum Gasteiger partial charge on any atom is 0.203 e. The third kappa shape index (κ3) is 3.70. The van der Waals surface area contributed by atoms with Crippen molar-refractivity contribution in [2.24, 2.45) is 0 Å². The summed E-state index contributed by atoms with van der Waals surface area (Å²) >= 11 is 0. The first kappa shape index (κ1) is 13.4. The Hall–Kier alpha value is -2.05. The molecular formula is C16H18N2O. The van der Waals surface area contributed by atoms with Crippen LogP contribution in [0, 0.1) is 18.3 Å². The summed E-state index contributed by atoms with van der Waals surface area (Å²) in [7, 11) is 0. The highest BCUT2D eigenvalue weighted by atomic mass is 16.3. The standard InChI is InChI=1S/C16H18N2O/c1-12-5-3-4-6-14(12)9-13(2)18-11-16-8-7-15(10-17)19-16/h3-8,13,18H,9,11H2,1-2H3. The Morgan fingerprint density at radius 1 is 1.26 bits per heavy atom. The van der Waals surface area contributed by atoms with Gasteiger partial charge < -0.3 is 9.73 Å². The van der Waals surface area contributed by atoms with Crippen LogP contribution in [-0.4, -0.2) is 6.04 Å². The fraction of sp³-hybridized carbons (Fsp3) is 0.312. The zero-order valence-electron chi connectivity index (χ0n) is 11.3. The summed E-state index contributed by atoms with van der Waals surface area (Å²) in [6.45, 7) is 4.93. The summed E-state index contributed by atoms with van der Waals surface area (Å²) in [5.74, 6) is 1.16. The number of rotatable bonds is 5. The Kier molecular flexibility index (Phi) is 4.38. The molecule has 0 aliphatic rings. The number of hydrogen-bond acceptors (Lipinski definition) is 3. The summed E-state index contributed by atoms with van der Waals surface area (Å²) in [5.41, 5.74) is 2.68. The van der Waals surface area contributed by atoms with E-state index >= 15 is 0 Å². The second-order valence-electron chi connectivity index (χ2n) is 4.79. The monoisotopic (exact) mass is 254 g/mol. The van der Waals surface area contributed by atoms with E-state index in [4.69, 9.17) is 9.68 Å². The minimum absolute atomic E-state index is 0.358. The molecule has 1 atom stereocenters. The van der Waals surface area contributed by atoms with Crippen LogP contribution in [0.15, 0.2) is 40.8 Å². The first-order valence-corrected chi connectivity index (χ1v) is 6.45. The summed E-state index contributed by atoms with van der Waals surface area (Å²) in [4.78, 5) is 0. The van der Waals surface area contributed by atoms with E-state index in [1.807, 2.05) is 12.1 Å². The molecule has 0 bridgehead atoms. The van der Waals surface area contributed by atoms with Gasteiger partial charge in [-0.3, -0.25) is 0 Å². The van der Waals surface area contributed by atoms with E-state index in [0.717, 1.165) is 12.2 Å². The molecule has 98 valence electrons. The predicted octanol–water partition coefficient (Wildman–Crippen LogP) is 3.18. The number of nitriles is 1. The van der Waals surface area contributed by atoms with Gasteiger partial charge in [-0.15, -0.1) is 0 Å². The van der Waals surface area contributed by atoms with E-state index in [1.54, 1.807) is 6.07 Å². The molecule has 0 saturated heterocycles. The summed E-state index contributed by atoms with van der Waals surface area (Å²) in [5, 5.41) is 12.1. The number of benzene rings is 1. The van der Waals surface area contributed by atoms with Gasteiger partial charge in [0.25, 0.3) is 0 Å². The lowest BCUT2D eigenvalue weighted by molar-refractivity contribution is 0.447. The van der Waals surface area contributed by atoms with Crippen LogP contribution < -0.4 is 5.32 Å². The molecule has 0 amide bonds. The number of aryl methyl sites for hydroxylation is 1. The molecule has 0 fully saturated rings. The average Bonchev–Trinajstić information content (AvgIpc) is 2.87. The largest absolute Gasteiger partial charge is 0.449 e. The maximum atomic E-state index is 8.69. The van der Waals surface area contributed by atoms with Crippen LogP contribution >= 0.6 is 0 Å². The fourth-order valence-corrected chi connectivity index (χ4v) is 2.05. The van der Waals surface area contributed by atoms with Gasteiger partial charge in [-0.25, -0.2) is 0 Å². The van der Waals surface area contributed by atoms with Gasteiger partial charge in [0.15, 0.2) is 0 Å². The SMILES string of the molecule is Cc1ccccc1CC(C)NCc1ccc(C#N)o1. The number of nitrogens with one attached hydrogen (secondary N) is 1. The molecule has 1 unspecified atom stereocenters. The lowest BCUT2D eigenvalue weighted by Gasteiger charge is -2.14. The van der Waals surface area contributed by atoms with Gasteiger partial charge in [0, 0.05) is 6.04 Å². The van der Waals surface area contributed by atoms with Gasteiger partial charge >= 0.3 is 0 Å². The fourth-order valence-electron chi connectivity index (χ4n) is 2.05. The Bertz CT molecular complexity index is 580. The predicted molar refractivity (Wildman–Crippen MR) is 74.6 cm³/mol. The summed E-state index contributed by atoms with van der Waals surface area (Å²) in [6, 6.07) is 14.3. The van der Waals surface area contributed by atoms with Gasteiger partial charge in [-0.2, -0.15) is 5.26 Å². The van der Waals surface area contributed by atoms with E-state index in [2.05, 4.69) is 43.4 Å². The zero-order chi connectivity index (χ0) is 13.7. The van der Waals surface area contributed by atoms with E-state index in [0.29, 0.717) is 18.3 Å². The smallest absolute Gasteiger partial charge is 0.203 e. The van der Waals surface area contributed by atoms with Gasteiger partial charge in [0.2, 0.25) is 5.76 Å². The van der Waals surface area contributed by atoms with Crippen molar-refractivity contribution in [3.63, 3.8) is 0 Å². The van der Waals surface area contributed by atoms with Gasteiger partial charge in [0.05, 0.1) is 6.54 Å². The number of hydrogen-bond donors (Lipinski definition) is 1. The zero-order valence-corrected chi connectivity index (χ0v) is 11.3. The van der Waals surface area contributed by atoms with Crippen LogP contribution in [0.4, 0.5) is 0 Å². The molecule has 0 radical (unpaired) electrons. The molecule has 3 heteroatoms. The van der Waals surface area contributed by atoms with Crippen LogP contribution in [0.1, 0.15) is 29.6 Å². The lowest BCUT2D eigenvalue weighted by Crippen LogP contribution is -2.27. The van der Waals surface area contributed by atoms with Crippen LogP contribution in [0.3, 0.4) is 0 Å². The molecule has 1 aromatic heterocycles. The maximum absolute atomic E-state index is 8.69. The highest BCUT2D eigenvalue weighted by Gasteiger charge is 2.07. The van der Waals surface area contributed by atoms with E-state index in [-0.39, 0.29) is 0 Å². The summed E-state index contributed by atoms with van der Waals surface area (Å²) in [6.07, 6.45) is 0.985. The minimum Gasteiger partial charge on any atom is -0.449 e. The van der Waals surface area contributed by atoms with Crippen LogP contribution in [0.2, 0.25) is 0 Å². The quantitative estimate of drug-likeness (QED) is 0.891. The average molecular weight is 254 g/mol. The molecule has 1 heterocycles. The normalized spacial score (nSPS) is 12.1. The van der Waals surface area contributed by atoms with Crippen molar-refractivity contribution in [1.82, 2.24) is 5.32 Å². The Morgan fingerprint density at radius 3 is 2.74 bits per heavy atom. The molecule has 2 aromatic rings. The minimum atomic E-state index is 0.358. The highest BCUT2D eigenvalue weighted by Crippen LogP contribution is 2.11. The topological polar surface area (TPSA) is 49.0 Å². The van der Waals surface area contributed by atoms with E-state index in [1.165, 1.54) is 11.1 Å². The number of furan rings is 1. The van der Waals surface area contributed by atoms with Crippen molar-refractivity contribution in [1.29, 1.82) is 5.26 Å². The molecule has 2 rings (SSSR count). The van der Waals surface area contributed by atoms with E-state index < -0.39 is 0 Å². The first-order valence-electron chi connectivity index (χ1n) is 6.45. The molecule has 0 aliphatic carbocycles. The van der Waals surface area contributed by atoms with Crippen molar-refractivity contribution >= 4 is 0 Å². The Balaban J connectivity index is 1.87. The molecular weight excluding hydrogens is 236 g/mol. The molecule has 1 N–H and O–H groups in total. The van der Waals surface area contributed by atoms with Crippen LogP contribution in [0.25, 0.3) is 0 Å². The molecule has 0 aliphatic heterocycles. The van der Waals surface area contributed by atoms with Crippen molar-refractivity contribution < 1.29 is 4.42 Å². The van der Waals surface area contributed by atoms with Crippen molar-refractivity contribution in [2.45, 2.75) is 32.9 Å². The third-order valence-corrected chi connectivity index (χ3v) is 3.18. The molecule has 19 heavy (non-hydrogen) atoms. The van der Waals surface area contributed by atoms with Gasteiger partial charge in [-0.1, -0.05) is 24.3 Å². The molecule has 0 saturated carbocycles. The Labute approximate surface area is 113 Å². The molecule has 1 aromatic carbocycles. The van der Waals surface area contributed by atoms with Crippen LogP contribution in [0.5, 0.6) is 0 Å². The van der Waals surface area contributed by atoms with Crippen LogP contribution in [-0.2, 0) is 13.0 Å². The van der Waals surface area contributed by atoms with Crippen molar-refractivity contribution in [2.75, 3.05) is 0 Å². The van der Waals surface area contributed by atoms with Crippen molar-refractivity contribution in [3.8, 4) is 6.07 Å². The third-order valence-electron chi connectivity index (χ3n) is 3.18.